The molecule has 0 unspecified atom stereocenters. The zero-order valence-electron chi connectivity index (χ0n) is 8.36. The number of hydrogen-bond acceptors (Lipinski definition) is 4. The van der Waals surface area contributed by atoms with E-state index in [-0.39, 0.29) is 0 Å². The van der Waals surface area contributed by atoms with Gasteiger partial charge in [-0.15, -0.1) is 0 Å². The van der Waals surface area contributed by atoms with Gasteiger partial charge in [0.1, 0.15) is 0 Å². The molecule has 2 aliphatic rings. The molecular weight excluding hydrogens is 194 g/mol. The van der Waals surface area contributed by atoms with Gasteiger partial charge in [0.05, 0.1) is 13.2 Å². The molecule has 0 saturated carbocycles. The van der Waals surface area contributed by atoms with Crippen LogP contribution in [0.3, 0.4) is 0 Å². The van der Waals surface area contributed by atoms with Gasteiger partial charge in [-0.3, -0.25) is 0 Å². The van der Waals surface area contributed by atoms with Gasteiger partial charge in [0.2, 0.25) is 0 Å². The molecule has 6 heteroatoms. The zero-order chi connectivity index (χ0) is 10.6. The molecule has 2 heterocycles. The van der Waals surface area contributed by atoms with Crippen molar-refractivity contribution in [3.8, 4) is 0 Å². The molecule has 3 rings (SSSR count). The molecule has 2 N–H and O–H groups in total. The second-order valence-electron chi connectivity index (χ2n) is 3.97. The number of fused-ring (bicyclic) bond motifs is 2. The predicted molar refractivity (Wildman–Crippen MR) is 56.0 cm³/mol. The van der Waals surface area contributed by atoms with Crippen LogP contribution in [0.25, 0.3) is 0 Å². The Kier molecular flexibility index (Phi) is 1.94. The smallest absolute Gasteiger partial charge is 0.423 e. The third kappa shape index (κ3) is 1.19. The maximum Gasteiger partial charge on any atom is 0.492 e. The summed E-state index contributed by atoms with van der Waals surface area (Å²) in [6, 6.07) is 1.87. The lowest BCUT2D eigenvalue weighted by molar-refractivity contribution is 0.274. The van der Waals surface area contributed by atoms with Crippen LogP contribution >= 0.6 is 0 Å². The Morgan fingerprint density at radius 2 is 1.93 bits per heavy atom. The van der Waals surface area contributed by atoms with E-state index in [2.05, 4.69) is 0 Å². The molecule has 0 bridgehead atoms. The average molecular weight is 204 g/mol. The fourth-order valence-corrected chi connectivity index (χ4v) is 2.35. The minimum Gasteiger partial charge on any atom is -0.423 e. The highest BCUT2D eigenvalue weighted by atomic mass is 16.5. The Balaban J connectivity index is 2.24. The topological polar surface area (TPSA) is 58.9 Å². The molecule has 0 aliphatic carbocycles. The molecule has 0 radical (unpaired) electrons. The first kappa shape index (κ1) is 9.42. The fourth-order valence-electron chi connectivity index (χ4n) is 2.35. The lowest BCUT2D eigenvalue weighted by atomic mass is 9.70. The Morgan fingerprint density at radius 3 is 2.73 bits per heavy atom. The van der Waals surface area contributed by atoms with Crippen molar-refractivity contribution in [1.29, 1.82) is 0 Å². The normalized spacial score (nSPS) is 18.3. The highest BCUT2D eigenvalue weighted by Crippen LogP contribution is 2.19. The molecule has 0 spiro atoms. The Labute approximate surface area is 88.1 Å². The van der Waals surface area contributed by atoms with E-state index in [0.29, 0.717) is 13.2 Å². The highest BCUT2D eigenvalue weighted by Gasteiger charge is 2.36. The third-order valence-electron chi connectivity index (χ3n) is 3.18. The predicted octanol–water partition coefficient (Wildman–Crippen LogP) is -1.57. The molecule has 0 aromatic heterocycles. The first-order valence-electron chi connectivity index (χ1n) is 4.93. The van der Waals surface area contributed by atoms with Crippen LogP contribution in [0.15, 0.2) is 6.07 Å². The maximum absolute atomic E-state index is 9.63. The van der Waals surface area contributed by atoms with Gasteiger partial charge < -0.3 is 19.4 Å². The van der Waals surface area contributed by atoms with E-state index in [1.165, 1.54) is 0 Å². The van der Waals surface area contributed by atoms with E-state index in [1.54, 1.807) is 0 Å². The molecule has 1 aromatic rings. The SMILES string of the molecule is Cc1c2c(cc3c1B(O)OC3)B(O)OC2. The minimum atomic E-state index is -0.832. The summed E-state index contributed by atoms with van der Waals surface area (Å²) in [7, 11) is -1.66. The second kappa shape index (κ2) is 3.09. The van der Waals surface area contributed by atoms with Crippen molar-refractivity contribution in [2.45, 2.75) is 20.1 Å². The van der Waals surface area contributed by atoms with Crippen LogP contribution in [0, 0.1) is 6.92 Å². The summed E-state index contributed by atoms with van der Waals surface area (Å²) >= 11 is 0. The van der Waals surface area contributed by atoms with Crippen LogP contribution in [0.1, 0.15) is 16.7 Å². The van der Waals surface area contributed by atoms with Crippen molar-refractivity contribution < 1.29 is 19.4 Å². The van der Waals surface area contributed by atoms with Crippen LogP contribution in [0.4, 0.5) is 0 Å². The lowest BCUT2D eigenvalue weighted by Gasteiger charge is -2.09. The van der Waals surface area contributed by atoms with Crippen molar-refractivity contribution in [1.82, 2.24) is 0 Å². The van der Waals surface area contributed by atoms with Gasteiger partial charge in [0, 0.05) is 0 Å². The monoisotopic (exact) mass is 204 g/mol. The van der Waals surface area contributed by atoms with Crippen LogP contribution < -0.4 is 10.9 Å². The molecule has 0 fully saturated rings. The zero-order valence-corrected chi connectivity index (χ0v) is 8.36. The summed E-state index contributed by atoms with van der Waals surface area (Å²) < 4.78 is 10.3. The number of hydrogen-bond donors (Lipinski definition) is 2. The Hall–Kier alpha value is -0.810. The number of benzene rings is 1. The molecule has 0 saturated heterocycles. The van der Waals surface area contributed by atoms with Crippen molar-refractivity contribution in [2.75, 3.05) is 0 Å². The van der Waals surface area contributed by atoms with Gasteiger partial charge >= 0.3 is 14.2 Å². The van der Waals surface area contributed by atoms with Crippen molar-refractivity contribution in [3.05, 3.63) is 22.8 Å². The van der Waals surface area contributed by atoms with E-state index in [0.717, 1.165) is 27.6 Å². The molecule has 1 aromatic carbocycles. The highest BCUT2D eigenvalue weighted by molar-refractivity contribution is 6.64. The largest absolute Gasteiger partial charge is 0.492 e. The van der Waals surface area contributed by atoms with Gasteiger partial charge in [-0.1, -0.05) is 6.07 Å². The Bertz CT molecular complexity index is 435. The summed E-state index contributed by atoms with van der Waals surface area (Å²) in [5.74, 6) is 0. The molecule has 0 amide bonds. The van der Waals surface area contributed by atoms with Crippen molar-refractivity contribution >= 4 is 25.2 Å². The summed E-state index contributed by atoms with van der Waals surface area (Å²) in [5, 5.41) is 19.2. The van der Waals surface area contributed by atoms with Gasteiger partial charge in [-0.05, 0) is 34.5 Å². The van der Waals surface area contributed by atoms with Gasteiger partial charge in [-0.2, -0.15) is 0 Å². The van der Waals surface area contributed by atoms with Gasteiger partial charge in [-0.25, -0.2) is 0 Å². The second-order valence-corrected chi connectivity index (χ2v) is 3.97. The van der Waals surface area contributed by atoms with E-state index in [4.69, 9.17) is 9.31 Å². The molecular formula is C9H10B2O4. The quantitative estimate of drug-likeness (QED) is 0.501. The average Bonchev–Trinajstić information content (AvgIpc) is 2.74. The van der Waals surface area contributed by atoms with Crippen LogP contribution in [0.2, 0.25) is 0 Å². The third-order valence-corrected chi connectivity index (χ3v) is 3.18. The molecule has 2 aliphatic heterocycles. The van der Waals surface area contributed by atoms with E-state index in [1.807, 2.05) is 13.0 Å². The van der Waals surface area contributed by atoms with E-state index < -0.39 is 14.2 Å². The van der Waals surface area contributed by atoms with E-state index >= 15 is 0 Å². The van der Waals surface area contributed by atoms with Crippen LogP contribution in [0.5, 0.6) is 0 Å². The van der Waals surface area contributed by atoms with Gasteiger partial charge in [0.15, 0.2) is 0 Å². The summed E-state index contributed by atoms with van der Waals surface area (Å²) in [5.41, 5.74) is 4.55. The lowest BCUT2D eigenvalue weighted by Crippen LogP contribution is -2.35. The summed E-state index contributed by atoms with van der Waals surface area (Å²) in [6.45, 7) is 2.73. The Morgan fingerprint density at radius 1 is 1.20 bits per heavy atom. The number of rotatable bonds is 0. The molecule has 15 heavy (non-hydrogen) atoms. The fraction of sp³-hybridized carbons (Fsp3) is 0.333. The summed E-state index contributed by atoms with van der Waals surface area (Å²) in [4.78, 5) is 0. The van der Waals surface area contributed by atoms with Crippen molar-refractivity contribution in [3.63, 3.8) is 0 Å². The van der Waals surface area contributed by atoms with Crippen LogP contribution in [-0.2, 0) is 22.5 Å². The summed E-state index contributed by atoms with van der Waals surface area (Å²) in [6.07, 6.45) is 0. The first-order valence-corrected chi connectivity index (χ1v) is 4.93. The minimum absolute atomic E-state index is 0.400. The molecule has 76 valence electrons. The molecule has 4 nitrogen and oxygen atoms in total. The molecule has 0 atom stereocenters. The van der Waals surface area contributed by atoms with Crippen molar-refractivity contribution in [2.24, 2.45) is 0 Å². The first-order chi connectivity index (χ1) is 7.18. The maximum atomic E-state index is 9.63. The standard InChI is InChI=1S/C9H10B2O4/c1-5-7-4-15-10(12)8(7)2-6-3-14-11(13)9(5)6/h2,12-13H,3-4H2,1H3. The van der Waals surface area contributed by atoms with E-state index in [9.17, 15) is 10.0 Å². The van der Waals surface area contributed by atoms with Gasteiger partial charge in [0.25, 0.3) is 0 Å². The van der Waals surface area contributed by atoms with Crippen LogP contribution in [-0.4, -0.2) is 24.3 Å².